The molecule has 1 aromatic rings. The van der Waals surface area contributed by atoms with Crippen molar-refractivity contribution in [3.8, 4) is 11.9 Å². The van der Waals surface area contributed by atoms with E-state index in [2.05, 4.69) is 9.97 Å². The number of imidazole rings is 1. The van der Waals surface area contributed by atoms with Crippen LogP contribution in [0.25, 0.3) is 0 Å². The van der Waals surface area contributed by atoms with Crippen molar-refractivity contribution in [1.82, 2.24) is 9.97 Å². The van der Waals surface area contributed by atoms with Gasteiger partial charge in [-0.15, -0.1) is 0 Å². The number of aromatic amines is 1. The lowest BCUT2D eigenvalue weighted by Gasteiger charge is -1.75. The average molecular weight is 123 g/mol. The van der Waals surface area contributed by atoms with Crippen molar-refractivity contribution in [2.75, 3.05) is 0 Å². The van der Waals surface area contributed by atoms with E-state index in [1.807, 2.05) is 0 Å². The number of nitrogens with one attached hydrogen (secondary N) is 1. The lowest BCUT2D eigenvalue weighted by Crippen LogP contribution is -1.72. The molecule has 0 aliphatic rings. The minimum absolute atomic E-state index is 0.118. The van der Waals surface area contributed by atoms with Crippen LogP contribution < -0.4 is 0 Å². The van der Waals surface area contributed by atoms with Crippen molar-refractivity contribution < 1.29 is 5.11 Å². The summed E-state index contributed by atoms with van der Waals surface area (Å²) in [6, 6.07) is 1.75. The van der Waals surface area contributed by atoms with Crippen molar-refractivity contribution in [1.29, 1.82) is 5.26 Å². The maximum atomic E-state index is 8.77. The lowest BCUT2D eigenvalue weighted by molar-refractivity contribution is 0.454. The zero-order valence-electron chi connectivity index (χ0n) is 4.84. The van der Waals surface area contributed by atoms with Crippen molar-refractivity contribution in [2.45, 2.75) is 6.92 Å². The monoisotopic (exact) mass is 123 g/mol. The van der Waals surface area contributed by atoms with Crippen LogP contribution in [0, 0.1) is 18.3 Å². The second kappa shape index (κ2) is 1.78. The summed E-state index contributed by atoms with van der Waals surface area (Å²) in [7, 11) is 0. The van der Waals surface area contributed by atoms with Gasteiger partial charge in [0.25, 0.3) is 0 Å². The van der Waals surface area contributed by atoms with Crippen LogP contribution >= 0.6 is 0 Å². The molecular weight excluding hydrogens is 118 g/mol. The Labute approximate surface area is 51.8 Å². The molecule has 4 nitrogen and oxygen atoms in total. The fraction of sp³-hybridized carbons (Fsp3) is 0.200. The number of rotatable bonds is 0. The molecule has 0 atom stereocenters. The van der Waals surface area contributed by atoms with Crippen LogP contribution in [-0.4, -0.2) is 15.1 Å². The molecule has 0 radical (unpaired) electrons. The van der Waals surface area contributed by atoms with E-state index in [9.17, 15) is 0 Å². The quantitative estimate of drug-likeness (QED) is 0.521. The molecule has 2 N–H and O–H groups in total. The van der Waals surface area contributed by atoms with E-state index < -0.39 is 0 Å². The highest BCUT2D eigenvalue weighted by Gasteiger charge is 2.02. The summed E-state index contributed by atoms with van der Waals surface area (Å²) >= 11 is 0. The number of aromatic hydroxyl groups is 1. The fourth-order valence-corrected chi connectivity index (χ4v) is 0.557. The molecule has 0 aliphatic heterocycles. The molecule has 4 heteroatoms. The molecule has 0 bridgehead atoms. The number of nitriles is 1. The minimum atomic E-state index is -0.227. The van der Waals surface area contributed by atoms with E-state index in [1.54, 1.807) is 13.0 Å². The highest BCUT2D eigenvalue weighted by Crippen LogP contribution is 2.09. The number of aryl methyl sites for hydroxylation is 1. The Morgan fingerprint density at radius 3 is 2.67 bits per heavy atom. The van der Waals surface area contributed by atoms with Gasteiger partial charge in [0.1, 0.15) is 11.9 Å². The van der Waals surface area contributed by atoms with Gasteiger partial charge < -0.3 is 10.1 Å². The summed E-state index contributed by atoms with van der Waals surface area (Å²) in [6.07, 6.45) is 0. The zero-order valence-corrected chi connectivity index (χ0v) is 4.84. The van der Waals surface area contributed by atoms with Gasteiger partial charge in [-0.05, 0) is 6.92 Å². The maximum absolute atomic E-state index is 8.77. The van der Waals surface area contributed by atoms with Gasteiger partial charge in [-0.3, -0.25) is 0 Å². The third-order valence-corrected chi connectivity index (χ3v) is 0.915. The second-order valence-electron chi connectivity index (χ2n) is 1.63. The molecule has 0 spiro atoms. The van der Waals surface area contributed by atoms with Crippen LogP contribution in [-0.2, 0) is 0 Å². The lowest BCUT2D eigenvalue weighted by atomic mass is 10.5. The van der Waals surface area contributed by atoms with Crippen LogP contribution in [0.15, 0.2) is 0 Å². The Balaban J connectivity index is 3.20. The van der Waals surface area contributed by atoms with Crippen LogP contribution in [0.4, 0.5) is 0 Å². The molecule has 0 amide bonds. The van der Waals surface area contributed by atoms with Crippen molar-refractivity contribution in [3.63, 3.8) is 0 Å². The first-order valence-corrected chi connectivity index (χ1v) is 2.39. The zero-order chi connectivity index (χ0) is 6.85. The Morgan fingerprint density at radius 1 is 1.78 bits per heavy atom. The third-order valence-electron chi connectivity index (χ3n) is 0.915. The number of aromatic nitrogens is 2. The van der Waals surface area contributed by atoms with Crippen LogP contribution in [0.1, 0.15) is 11.5 Å². The first kappa shape index (κ1) is 5.63. The number of H-pyrrole nitrogens is 1. The standard InChI is InChI=1S/C5H5N3O/c1-3-7-4(2-6)5(9)8-3/h9H,1H3,(H,7,8). The Morgan fingerprint density at radius 2 is 2.44 bits per heavy atom. The van der Waals surface area contributed by atoms with Gasteiger partial charge in [0, 0.05) is 0 Å². The summed E-state index contributed by atoms with van der Waals surface area (Å²) < 4.78 is 0. The second-order valence-corrected chi connectivity index (χ2v) is 1.63. The van der Waals surface area contributed by atoms with Crippen molar-refractivity contribution in [2.24, 2.45) is 0 Å². The molecule has 0 fully saturated rings. The fourth-order valence-electron chi connectivity index (χ4n) is 0.557. The molecule has 46 valence electrons. The van der Waals surface area contributed by atoms with E-state index in [0.29, 0.717) is 5.82 Å². The van der Waals surface area contributed by atoms with Gasteiger partial charge in [0.15, 0.2) is 5.69 Å². The Kier molecular flexibility index (Phi) is 1.12. The molecule has 1 aromatic heterocycles. The number of nitrogens with zero attached hydrogens (tertiary/aromatic N) is 2. The van der Waals surface area contributed by atoms with E-state index in [-0.39, 0.29) is 11.6 Å². The van der Waals surface area contributed by atoms with Crippen LogP contribution in [0.5, 0.6) is 5.88 Å². The first-order valence-electron chi connectivity index (χ1n) is 2.39. The largest absolute Gasteiger partial charge is 0.491 e. The highest BCUT2D eigenvalue weighted by atomic mass is 16.3. The average Bonchev–Trinajstić information content (AvgIpc) is 2.10. The van der Waals surface area contributed by atoms with E-state index >= 15 is 0 Å². The smallest absolute Gasteiger partial charge is 0.248 e. The third kappa shape index (κ3) is 0.842. The molecule has 0 aromatic carbocycles. The number of hydrogen-bond acceptors (Lipinski definition) is 3. The predicted octanol–water partition coefficient (Wildman–Crippen LogP) is 0.295. The molecule has 0 saturated carbocycles. The van der Waals surface area contributed by atoms with Gasteiger partial charge in [0.2, 0.25) is 5.88 Å². The molecular formula is C5H5N3O. The summed E-state index contributed by atoms with van der Waals surface area (Å²) in [5, 5.41) is 17.0. The van der Waals surface area contributed by atoms with Gasteiger partial charge in [-0.25, -0.2) is 0 Å². The van der Waals surface area contributed by atoms with Crippen LogP contribution in [0.2, 0.25) is 0 Å². The van der Waals surface area contributed by atoms with Crippen molar-refractivity contribution in [3.05, 3.63) is 11.5 Å². The first-order chi connectivity index (χ1) is 4.24. The van der Waals surface area contributed by atoms with Crippen molar-refractivity contribution >= 4 is 0 Å². The highest BCUT2D eigenvalue weighted by molar-refractivity contribution is 5.30. The van der Waals surface area contributed by atoms with E-state index in [1.165, 1.54) is 0 Å². The van der Waals surface area contributed by atoms with Gasteiger partial charge in [0.05, 0.1) is 0 Å². The molecule has 1 rings (SSSR count). The van der Waals surface area contributed by atoms with Gasteiger partial charge >= 0.3 is 0 Å². The van der Waals surface area contributed by atoms with Gasteiger partial charge in [-0.2, -0.15) is 10.2 Å². The molecule has 0 aliphatic carbocycles. The summed E-state index contributed by atoms with van der Waals surface area (Å²) in [5.74, 6) is 0.319. The predicted molar refractivity (Wildman–Crippen MR) is 29.7 cm³/mol. The molecule has 0 saturated heterocycles. The number of hydrogen-bond donors (Lipinski definition) is 2. The van der Waals surface area contributed by atoms with Crippen LogP contribution in [0.3, 0.4) is 0 Å². The molecule has 1 heterocycles. The van der Waals surface area contributed by atoms with E-state index in [0.717, 1.165) is 0 Å². The topological polar surface area (TPSA) is 72.7 Å². The minimum Gasteiger partial charge on any atom is -0.491 e. The van der Waals surface area contributed by atoms with E-state index in [4.69, 9.17) is 10.4 Å². The maximum Gasteiger partial charge on any atom is 0.248 e. The molecule has 9 heavy (non-hydrogen) atoms. The molecule has 0 unspecified atom stereocenters. The van der Waals surface area contributed by atoms with Gasteiger partial charge in [-0.1, -0.05) is 0 Å². The summed E-state index contributed by atoms with van der Waals surface area (Å²) in [4.78, 5) is 6.13. The SMILES string of the molecule is Cc1nc(O)c(C#N)[nH]1. The normalized spacial score (nSPS) is 8.89. The Bertz CT molecular complexity index is 258. The summed E-state index contributed by atoms with van der Waals surface area (Å²) in [5.41, 5.74) is 0.118. The summed E-state index contributed by atoms with van der Waals surface area (Å²) in [6.45, 7) is 1.67. The Hall–Kier alpha value is -1.50.